The molecule has 0 unspecified atom stereocenters. The molecule has 29 heavy (non-hydrogen) atoms. The van der Waals surface area contributed by atoms with Gasteiger partial charge in [-0.15, -0.1) is 11.3 Å². The summed E-state index contributed by atoms with van der Waals surface area (Å²) in [4.78, 5) is 4.80. The van der Waals surface area contributed by atoms with E-state index in [1.54, 1.807) is 11.3 Å². The van der Waals surface area contributed by atoms with Crippen LogP contribution in [0.1, 0.15) is 11.1 Å². The molecule has 0 aliphatic rings. The maximum atomic E-state index is 5.36. The van der Waals surface area contributed by atoms with Crippen LogP contribution in [0, 0.1) is 6.92 Å². The van der Waals surface area contributed by atoms with Crippen LogP contribution in [0.2, 0.25) is 0 Å². The van der Waals surface area contributed by atoms with Crippen molar-refractivity contribution in [3.8, 4) is 21.8 Å². The molecule has 1 aromatic heterocycles. The van der Waals surface area contributed by atoms with E-state index in [1.165, 1.54) is 11.1 Å². The Morgan fingerprint density at radius 1 is 0.897 bits per heavy atom. The molecule has 4 aromatic rings. The summed E-state index contributed by atoms with van der Waals surface area (Å²) in [5.41, 5.74) is 6.70. The van der Waals surface area contributed by atoms with Gasteiger partial charge in [-0.25, -0.2) is 4.98 Å². The Bertz CT molecular complexity index is 1090. The topological polar surface area (TPSA) is 37.0 Å². The SMILES string of the molecule is Cc1ccc(-c2csc(-c3ccc(CNC(=S)Nc4ccccc4)cc3)n2)cc1. The molecule has 0 fully saturated rings. The van der Waals surface area contributed by atoms with Gasteiger partial charge in [-0.05, 0) is 36.8 Å². The van der Waals surface area contributed by atoms with Crippen molar-refractivity contribution in [3.05, 3.63) is 95.4 Å². The molecule has 0 bridgehead atoms. The second-order valence-corrected chi connectivity index (χ2v) is 8.04. The molecule has 0 radical (unpaired) electrons. The summed E-state index contributed by atoms with van der Waals surface area (Å²) in [7, 11) is 0. The Labute approximate surface area is 180 Å². The lowest BCUT2D eigenvalue weighted by Gasteiger charge is -2.10. The molecule has 0 atom stereocenters. The minimum Gasteiger partial charge on any atom is -0.358 e. The van der Waals surface area contributed by atoms with Crippen LogP contribution in [0.4, 0.5) is 5.69 Å². The fourth-order valence-corrected chi connectivity index (χ4v) is 3.93. The minimum absolute atomic E-state index is 0.614. The van der Waals surface area contributed by atoms with Gasteiger partial charge in [0.05, 0.1) is 5.69 Å². The van der Waals surface area contributed by atoms with E-state index in [2.05, 4.69) is 71.5 Å². The summed E-state index contributed by atoms with van der Waals surface area (Å²) in [5.74, 6) is 0. The number of hydrogen-bond acceptors (Lipinski definition) is 3. The average Bonchev–Trinajstić information content (AvgIpc) is 3.24. The maximum absolute atomic E-state index is 5.36. The predicted octanol–water partition coefficient (Wildman–Crippen LogP) is 6.27. The molecule has 0 aliphatic carbocycles. The molecule has 5 heteroatoms. The molecule has 0 saturated heterocycles. The molecule has 1 heterocycles. The van der Waals surface area contributed by atoms with Crippen molar-refractivity contribution < 1.29 is 0 Å². The normalized spacial score (nSPS) is 10.5. The molecule has 3 aromatic carbocycles. The van der Waals surface area contributed by atoms with E-state index in [0.717, 1.165) is 27.5 Å². The monoisotopic (exact) mass is 415 g/mol. The van der Waals surface area contributed by atoms with Gasteiger partial charge in [-0.1, -0.05) is 72.3 Å². The lowest BCUT2D eigenvalue weighted by Crippen LogP contribution is -2.27. The second kappa shape index (κ2) is 8.99. The molecule has 3 nitrogen and oxygen atoms in total. The van der Waals surface area contributed by atoms with Crippen molar-refractivity contribution in [1.82, 2.24) is 10.3 Å². The first-order valence-electron chi connectivity index (χ1n) is 9.39. The van der Waals surface area contributed by atoms with E-state index in [4.69, 9.17) is 17.2 Å². The third-order valence-electron chi connectivity index (χ3n) is 4.54. The fourth-order valence-electron chi connectivity index (χ4n) is 2.91. The van der Waals surface area contributed by atoms with E-state index in [9.17, 15) is 0 Å². The van der Waals surface area contributed by atoms with Crippen molar-refractivity contribution in [3.63, 3.8) is 0 Å². The minimum atomic E-state index is 0.614. The van der Waals surface area contributed by atoms with E-state index in [-0.39, 0.29) is 0 Å². The van der Waals surface area contributed by atoms with Crippen LogP contribution < -0.4 is 10.6 Å². The van der Waals surface area contributed by atoms with Crippen molar-refractivity contribution in [1.29, 1.82) is 0 Å². The second-order valence-electron chi connectivity index (χ2n) is 6.77. The third kappa shape index (κ3) is 5.08. The zero-order valence-corrected chi connectivity index (χ0v) is 17.7. The smallest absolute Gasteiger partial charge is 0.171 e. The van der Waals surface area contributed by atoms with Crippen LogP contribution in [0.5, 0.6) is 0 Å². The Hall–Kier alpha value is -3.02. The van der Waals surface area contributed by atoms with Gasteiger partial charge in [0, 0.05) is 28.7 Å². The van der Waals surface area contributed by atoms with Crippen molar-refractivity contribution >= 4 is 34.4 Å². The lowest BCUT2D eigenvalue weighted by atomic mass is 10.1. The Kier molecular flexibility index (Phi) is 5.98. The first-order valence-corrected chi connectivity index (χ1v) is 10.7. The zero-order chi connectivity index (χ0) is 20.1. The van der Waals surface area contributed by atoms with Crippen molar-refractivity contribution in [2.75, 3.05) is 5.32 Å². The number of nitrogens with one attached hydrogen (secondary N) is 2. The van der Waals surface area contributed by atoms with Crippen molar-refractivity contribution in [2.45, 2.75) is 13.5 Å². The van der Waals surface area contributed by atoms with Gasteiger partial charge in [-0.2, -0.15) is 0 Å². The molecule has 144 valence electrons. The van der Waals surface area contributed by atoms with Gasteiger partial charge in [0.2, 0.25) is 0 Å². The van der Waals surface area contributed by atoms with Gasteiger partial charge in [0.15, 0.2) is 5.11 Å². The number of anilines is 1. The first-order chi connectivity index (χ1) is 14.2. The number of thiazole rings is 1. The van der Waals surface area contributed by atoms with Gasteiger partial charge >= 0.3 is 0 Å². The molecule has 0 spiro atoms. The van der Waals surface area contributed by atoms with Crippen LogP contribution in [0.3, 0.4) is 0 Å². The summed E-state index contributed by atoms with van der Waals surface area (Å²) in [6.45, 7) is 2.77. The summed E-state index contributed by atoms with van der Waals surface area (Å²) >= 11 is 7.03. The van der Waals surface area contributed by atoms with Crippen LogP contribution in [-0.4, -0.2) is 10.1 Å². The maximum Gasteiger partial charge on any atom is 0.171 e. The number of para-hydroxylation sites is 1. The average molecular weight is 416 g/mol. The summed E-state index contributed by atoms with van der Waals surface area (Å²) in [6.07, 6.45) is 0. The Balaban J connectivity index is 1.37. The first kappa shape index (κ1) is 19.3. The van der Waals surface area contributed by atoms with Gasteiger partial charge in [0.25, 0.3) is 0 Å². The van der Waals surface area contributed by atoms with E-state index >= 15 is 0 Å². The highest BCUT2D eigenvalue weighted by Crippen LogP contribution is 2.29. The number of nitrogens with zero attached hydrogens (tertiary/aromatic N) is 1. The Morgan fingerprint density at radius 2 is 1.59 bits per heavy atom. The third-order valence-corrected chi connectivity index (χ3v) is 5.67. The van der Waals surface area contributed by atoms with E-state index in [1.807, 2.05) is 30.3 Å². The van der Waals surface area contributed by atoms with Gasteiger partial charge in [0.1, 0.15) is 5.01 Å². The van der Waals surface area contributed by atoms with Crippen LogP contribution in [0.25, 0.3) is 21.8 Å². The molecule has 0 amide bonds. The molecule has 4 rings (SSSR count). The number of aryl methyl sites for hydroxylation is 1. The number of benzene rings is 3. The number of rotatable bonds is 5. The number of aromatic nitrogens is 1. The standard InChI is InChI=1S/C24H21N3S2/c1-17-7-11-19(12-8-17)22-16-29-23(27-22)20-13-9-18(10-14-20)15-25-24(28)26-21-5-3-2-4-6-21/h2-14,16H,15H2,1H3,(H2,25,26,28). The van der Waals surface area contributed by atoms with E-state index in [0.29, 0.717) is 11.7 Å². The van der Waals surface area contributed by atoms with Gasteiger partial charge < -0.3 is 10.6 Å². The quantitative estimate of drug-likeness (QED) is 0.377. The van der Waals surface area contributed by atoms with Gasteiger partial charge in [-0.3, -0.25) is 0 Å². The fraction of sp³-hybridized carbons (Fsp3) is 0.0833. The summed E-state index contributed by atoms with van der Waals surface area (Å²) < 4.78 is 0. The number of thiocarbonyl (C=S) groups is 1. The summed E-state index contributed by atoms with van der Waals surface area (Å²) in [5, 5.41) is 10.2. The number of hydrogen-bond donors (Lipinski definition) is 2. The molecule has 2 N–H and O–H groups in total. The largest absolute Gasteiger partial charge is 0.358 e. The molecular formula is C24H21N3S2. The highest BCUT2D eigenvalue weighted by Gasteiger charge is 2.07. The zero-order valence-electron chi connectivity index (χ0n) is 16.1. The molecule has 0 saturated carbocycles. The van der Waals surface area contributed by atoms with E-state index < -0.39 is 0 Å². The van der Waals surface area contributed by atoms with Crippen LogP contribution >= 0.6 is 23.6 Å². The highest BCUT2D eigenvalue weighted by atomic mass is 32.1. The lowest BCUT2D eigenvalue weighted by molar-refractivity contribution is 0.926. The predicted molar refractivity (Wildman–Crippen MR) is 127 cm³/mol. The van der Waals surface area contributed by atoms with Crippen molar-refractivity contribution in [2.24, 2.45) is 0 Å². The molecule has 0 aliphatic heterocycles. The Morgan fingerprint density at radius 3 is 2.31 bits per heavy atom. The van der Waals surface area contributed by atoms with Crippen LogP contribution in [0.15, 0.2) is 84.2 Å². The van der Waals surface area contributed by atoms with Crippen LogP contribution in [-0.2, 0) is 6.54 Å². The summed E-state index contributed by atoms with van der Waals surface area (Å²) in [6, 6.07) is 26.8. The highest BCUT2D eigenvalue weighted by molar-refractivity contribution is 7.80. The molecular weight excluding hydrogens is 394 g/mol.